The predicted molar refractivity (Wildman–Crippen MR) is 83.0 cm³/mol. The molecule has 0 amide bonds. The zero-order valence-corrected chi connectivity index (χ0v) is 12.7. The molecule has 0 spiro atoms. The number of hydrogen-bond acceptors (Lipinski definition) is 3. The molecule has 1 aromatic carbocycles. The van der Waals surface area contributed by atoms with Gasteiger partial charge in [0.15, 0.2) is 0 Å². The molecule has 0 saturated carbocycles. The summed E-state index contributed by atoms with van der Waals surface area (Å²) in [4.78, 5) is 4.51. The van der Waals surface area contributed by atoms with Crippen LogP contribution >= 0.6 is 15.9 Å². The largest absolute Gasteiger partial charge is 0.477 e. The summed E-state index contributed by atoms with van der Waals surface area (Å²) in [6.45, 7) is 3.48. The molecule has 0 aliphatic carbocycles. The molecule has 3 nitrogen and oxygen atoms in total. The second kappa shape index (κ2) is 6.87. The number of aromatic nitrogens is 1. The fraction of sp³-hybridized carbons (Fsp3) is 0.400. The third-order valence-corrected chi connectivity index (χ3v) is 4.05. The number of halogens is 1. The summed E-state index contributed by atoms with van der Waals surface area (Å²) in [6.07, 6.45) is 0.900. The SMILES string of the molecule is CC(CBr)COc1ccc2cc(CCN)ccc2n1. The number of benzene rings is 1. The highest BCUT2D eigenvalue weighted by Crippen LogP contribution is 2.19. The Bertz CT molecular complexity index is 545. The summed E-state index contributed by atoms with van der Waals surface area (Å²) in [5.74, 6) is 1.16. The maximum atomic E-state index is 5.68. The molecule has 0 radical (unpaired) electrons. The summed E-state index contributed by atoms with van der Waals surface area (Å²) >= 11 is 3.44. The van der Waals surface area contributed by atoms with Crippen LogP contribution in [0.25, 0.3) is 10.9 Å². The minimum atomic E-state index is 0.476. The Morgan fingerprint density at radius 3 is 2.89 bits per heavy atom. The van der Waals surface area contributed by atoms with E-state index in [1.807, 2.05) is 12.1 Å². The van der Waals surface area contributed by atoms with Crippen LogP contribution in [0, 0.1) is 5.92 Å². The number of rotatable bonds is 6. The minimum absolute atomic E-state index is 0.476. The van der Waals surface area contributed by atoms with Crippen molar-refractivity contribution in [3.05, 3.63) is 35.9 Å². The highest BCUT2D eigenvalue weighted by atomic mass is 79.9. The van der Waals surface area contributed by atoms with Gasteiger partial charge in [-0.1, -0.05) is 28.9 Å². The molecule has 0 aliphatic rings. The van der Waals surface area contributed by atoms with E-state index >= 15 is 0 Å². The second-order valence-electron chi connectivity index (χ2n) is 4.79. The molecule has 0 aliphatic heterocycles. The number of pyridine rings is 1. The van der Waals surface area contributed by atoms with Crippen LogP contribution in [0.15, 0.2) is 30.3 Å². The van der Waals surface area contributed by atoms with Crippen LogP contribution in [0.1, 0.15) is 12.5 Å². The monoisotopic (exact) mass is 322 g/mol. The number of fused-ring (bicyclic) bond motifs is 1. The molecule has 1 atom stereocenters. The van der Waals surface area contributed by atoms with Crippen molar-refractivity contribution in [3.63, 3.8) is 0 Å². The van der Waals surface area contributed by atoms with Crippen LogP contribution in [0.3, 0.4) is 0 Å². The summed E-state index contributed by atoms with van der Waals surface area (Å²) in [6, 6.07) is 10.2. The molecule has 2 rings (SSSR count). The van der Waals surface area contributed by atoms with E-state index < -0.39 is 0 Å². The Morgan fingerprint density at radius 2 is 2.16 bits per heavy atom. The number of alkyl halides is 1. The molecule has 1 unspecified atom stereocenters. The summed E-state index contributed by atoms with van der Waals surface area (Å²) < 4.78 is 5.68. The molecule has 2 N–H and O–H groups in total. The summed E-state index contributed by atoms with van der Waals surface area (Å²) in [7, 11) is 0. The van der Waals surface area contributed by atoms with Gasteiger partial charge < -0.3 is 10.5 Å². The summed E-state index contributed by atoms with van der Waals surface area (Å²) in [5, 5.41) is 2.06. The van der Waals surface area contributed by atoms with Gasteiger partial charge in [-0.3, -0.25) is 0 Å². The van der Waals surface area contributed by atoms with E-state index in [1.165, 1.54) is 5.56 Å². The average molecular weight is 323 g/mol. The quantitative estimate of drug-likeness (QED) is 0.831. The molecular weight excluding hydrogens is 304 g/mol. The van der Waals surface area contributed by atoms with Crippen LogP contribution in [-0.2, 0) is 6.42 Å². The maximum absolute atomic E-state index is 5.68. The highest BCUT2D eigenvalue weighted by Gasteiger charge is 2.04. The number of hydrogen-bond donors (Lipinski definition) is 1. The van der Waals surface area contributed by atoms with Crippen molar-refractivity contribution in [1.29, 1.82) is 0 Å². The van der Waals surface area contributed by atoms with Crippen LogP contribution in [0.2, 0.25) is 0 Å². The molecule has 0 saturated heterocycles. The average Bonchev–Trinajstić information content (AvgIpc) is 2.45. The molecule has 1 heterocycles. The Hall–Kier alpha value is -1.13. The van der Waals surface area contributed by atoms with E-state index in [4.69, 9.17) is 10.5 Å². The molecular formula is C15H19BrN2O. The number of nitrogens with two attached hydrogens (primary N) is 1. The van der Waals surface area contributed by atoms with Gasteiger partial charge in [-0.2, -0.15) is 0 Å². The fourth-order valence-electron chi connectivity index (χ4n) is 1.83. The van der Waals surface area contributed by atoms with E-state index in [9.17, 15) is 0 Å². The first kappa shape index (κ1) is 14.3. The van der Waals surface area contributed by atoms with Gasteiger partial charge in [0.1, 0.15) is 0 Å². The molecule has 0 fully saturated rings. The van der Waals surface area contributed by atoms with Gasteiger partial charge >= 0.3 is 0 Å². The zero-order valence-electron chi connectivity index (χ0n) is 11.1. The first-order chi connectivity index (χ1) is 9.22. The van der Waals surface area contributed by atoms with Crippen LogP contribution in [0.4, 0.5) is 0 Å². The molecule has 4 heteroatoms. The van der Waals surface area contributed by atoms with E-state index in [2.05, 4.69) is 46.0 Å². The van der Waals surface area contributed by atoms with Crippen molar-refractivity contribution in [2.24, 2.45) is 11.7 Å². The van der Waals surface area contributed by atoms with E-state index in [1.54, 1.807) is 0 Å². The molecule has 102 valence electrons. The Morgan fingerprint density at radius 1 is 1.32 bits per heavy atom. The summed E-state index contributed by atoms with van der Waals surface area (Å²) in [5.41, 5.74) is 7.78. The van der Waals surface area contributed by atoms with Crippen LogP contribution in [0.5, 0.6) is 5.88 Å². The fourth-order valence-corrected chi connectivity index (χ4v) is 2.02. The lowest BCUT2D eigenvalue weighted by atomic mass is 10.1. The standard InChI is InChI=1S/C15H19BrN2O/c1-11(9-16)10-19-15-5-3-13-8-12(6-7-17)2-4-14(13)18-15/h2-5,8,11H,6-7,9-10,17H2,1H3. The normalized spacial score (nSPS) is 12.6. The van der Waals surface area contributed by atoms with Crippen molar-refractivity contribution in [1.82, 2.24) is 4.98 Å². The van der Waals surface area contributed by atoms with Gasteiger partial charge in [-0.15, -0.1) is 0 Å². The lowest BCUT2D eigenvalue weighted by molar-refractivity contribution is 0.265. The predicted octanol–water partition coefficient (Wildman–Crippen LogP) is 3.15. The van der Waals surface area contributed by atoms with Crippen molar-refractivity contribution in [2.75, 3.05) is 18.5 Å². The van der Waals surface area contributed by atoms with Crippen LogP contribution < -0.4 is 10.5 Å². The lowest BCUT2D eigenvalue weighted by Gasteiger charge is -2.10. The van der Waals surface area contributed by atoms with E-state index in [0.29, 0.717) is 24.9 Å². The zero-order chi connectivity index (χ0) is 13.7. The van der Waals surface area contributed by atoms with Gasteiger partial charge in [0.2, 0.25) is 5.88 Å². The first-order valence-electron chi connectivity index (χ1n) is 6.51. The number of ether oxygens (including phenoxy) is 1. The van der Waals surface area contributed by atoms with Crippen molar-refractivity contribution >= 4 is 26.8 Å². The minimum Gasteiger partial charge on any atom is -0.477 e. The maximum Gasteiger partial charge on any atom is 0.213 e. The third kappa shape index (κ3) is 3.91. The Kier molecular flexibility index (Phi) is 5.16. The van der Waals surface area contributed by atoms with Crippen LogP contribution in [-0.4, -0.2) is 23.5 Å². The Balaban J connectivity index is 2.14. The molecule has 0 bridgehead atoms. The van der Waals surface area contributed by atoms with Gasteiger partial charge in [0.25, 0.3) is 0 Å². The van der Waals surface area contributed by atoms with Gasteiger partial charge in [0, 0.05) is 16.8 Å². The highest BCUT2D eigenvalue weighted by molar-refractivity contribution is 9.09. The van der Waals surface area contributed by atoms with Gasteiger partial charge in [-0.25, -0.2) is 4.98 Å². The third-order valence-electron chi connectivity index (χ3n) is 2.94. The Labute approximate surface area is 122 Å². The smallest absolute Gasteiger partial charge is 0.213 e. The number of nitrogens with zero attached hydrogens (tertiary/aromatic N) is 1. The van der Waals surface area contributed by atoms with Gasteiger partial charge in [0.05, 0.1) is 12.1 Å². The van der Waals surface area contributed by atoms with E-state index in [-0.39, 0.29) is 0 Å². The lowest BCUT2D eigenvalue weighted by Crippen LogP contribution is -2.10. The molecule has 2 aromatic rings. The van der Waals surface area contributed by atoms with E-state index in [0.717, 1.165) is 22.7 Å². The second-order valence-corrected chi connectivity index (χ2v) is 5.43. The van der Waals surface area contributed by atoms with Crippen molar-refractivity contribution in [3.8, 4) is 5.88 Å². The molecule has 19 heavy (non-hydrogen) atoms. The van der Waals surface area contributed by atoms with Gasteiger partial charge in [-0.05, 0) is 42.6 Å². The van der Waals surface area contributed by atoms with Crippen molar-refractivity contribution in [2.45, 2.75) is 13.3 Å². The first-order valence-corrected chi connectivity index (χ1v) is 7.63. The van der Waals surface area contributed by atoms with Crippen molar-refractivity contribution < 1.29 is 4.74 Å². The topological polar surface area (TPSA) is 48.1 Å². The molecule has 1 aromatic heterocycles.